The standard InChI is InChI=1S/C52H38N2/c1-52(2)45-21-11-10-18-39(45)42-31-43-44(32-46(42)52)50(37-29-24-33-14-6-7-15-36(33)30-37)41-20-9-8-19-40(41)49(43)34-25-27-35(28-26-34)51-53-47-22-12-13-23-48(47)54(51)38-16-4-3-5-17-38/h3-7,10-32H,8-9H2,1-2H3. The molecule has 0 radical (unpaired) electrons. The van der Waals surface area contributed by atoms with Crippen molar-refractivity contribution in [1.29, 1.82) is 0 Å². The second kappa shape index (κ2) is 11.7. The lowest BCUT2D eigenvalue weighted by Crippen LogP contribution is -2.31. The fourth-order valence-corrected chi connectivity index (χ4v) is 9.41. The van der Waals surface area contributed by atoms with Crippen molar-refractivity contribution >= 4 is 44.7 Å². The number of fused-ring (bicyclic) bond motifs is 7. The molecule has 8 aromatic carbocycles. The van der Waals surface area contributed by atoms with Gasteiger partial charge in [0.25, 0.3) is 0 Å². The van der Waals surface area contributed by atoms with Gasteiger partial charge >= 0.3 is 0 Å². The summed E-state index contributed by atoms with van der Waals surface area (Å²) in [7, 11) is 0. The Hall–Kier alpha value is -6.51. The molecule has 1 aromatic heterocycles. The van der Waals surface area contributed by atoms with Gasteiger partial charge in [-0.25, -0.2) is 4.98 Å². The molecule has 2 aliphatic carbocycles. The Bertz CT molecular complexity index is 3110. The van der Waals surface area contributed by atoms with Gasteiger partial charge < -0.3 is 0 Å². The third-order valence-electron chi connectivity index (χ3n) is 12.0. The van der Waals surface area contributed by atoms with Gasteiger partial charge in [0.1, 0.15) is 5.82 Å². The Labute approximate surface area is 315 Å². The minimum absolute atomic E-state index is 0.0987. The second-order valence-electron chi connectivity index (χ2n) is 15.4. The molecule has 256 valence electrons. The van der Waals surface area contributed by atoms with E-state index in [2.05, 4.69) is 188 Å². The number of hydrogen-bond acceptors (Lipinski definition) is 1. The summed E-state index contributed by atoms with van der Waals surface area (Å²) in [6.07, 6.45) is 7.05. The van der Waals surface area contributed by atoms with Crippen LogP contribution in [0.3, 0.4) is 0 Å². The van der Waals surface area contributed by atoms with E-state index in [1.54, 1.807) is 0 Å². The first-order valence-corrected chi connectivity index (χ1v) is 19.1. The first kappa shape index (κ1) is 31.1. The van der Waals surface area contributed by atoms with Crippen LogP contribution in [-0.4, -0.2) is 9.55 Å². The minimum Gasteiger partial charge on any atom is -0.292 e. The monoisotopic (exact) mass is 690 g/mol. The Kier molecular flexibility index (Phi) is 6.76. The molecule has 9 aromatic rings. The Morgan fingerprint density at radius 3 is 1.94 bits per heavy atom. The highest BCUT2D eigenvalue weighted by Crippen LogP contribution is 2.51. The van der Waals surface area contributed by atoms with Crippen molar-refractivity contribution in [2.24, 2.45) is 0 Å². The van der Waals surface area contributed by atoms with Gasteiger partial charge in [0.05, 0.1) is 11.0 Å². The number of rotatable bonds is 4. The van der Waals surface area contributed by atoms with Crippen LogP contribution in [0.2, 0.25) is 0 Å². The molecule has 0 atom stereocenters. The Morgan fingerprint density at radius 1 is 0.500 bits per heavy atom. The van der Waals surface area contributed by atoms with Crippen LogP contribution in [0.5, 0.6) is 0 Å². The number of hydrogen-bond donors (Lipinski definition) is 0. The van der Waals surface area contributed by atoms with Crippen molar-refractivity contribution in [2.75, 3.05) is 0 Å². The van der Waals surface area contributed by atoms with Crippen molar-refractivity contribution in [3.8, 4) is 50.5 Å². The van der Waals surface area contributed by atoms with Crippen LogP contribution in [0.1, 0.15) is 37.8 Å². The molecule has 0 fully saturated rings. The first-order valence-electron chi connectivity index (χ1n) is 19.1. The summed E-state index contributed by atoms with van der Waals surface area (Å²) >= 11 is 0. The minimum atomic E-state index is -0.0987. The maximum Gasteiger partial charge on any atom is 0.145 e. The topological polar surface area (TPSA) is 17.8 Å². The molecule has 0 spiro atoms. The molecule has 0 saturated heterocycles. The Balaban J connectivity index is 1.19. The fourth-order valence-electron chi connectivity index (χ4n) is 9.41. The summed E-state index contributed by atoms with van der Waals surface area (Å²) < 4.78 is 2.28. The number of imidazole rings is 1. The highest BCUT2D eigenvalue weighted by atomic mass is 15.1. The molecule has 0 aliphatic heterocycles. The van der Waals surface area contributed by atoms with E-state index >= 15 is 0 Å². The quantitative estimate of drug-likeness (QED) is 0.180. The maximum atomic E-state index is 5.17. The van der Waals surface area contributed by atoms with Gasteiger partial charge in [-0.2, -0.15) is 0 Å². The van der Waals surface area contributed by atoms with Crippen molar-refractivity contribution in [3.05, 3.63) is 179 Å². The van der Waals surface area contributed by atoms with E-state index in [1.807, 2.05) is 0 Å². The van der Waals surface area contributed by atoms with Gasteiger partial charge in [-0.15, -0.1) is 0 Å². The van der Waals surface area contributed by atoms with Gasteiger partial charge in [0, 0.05) is 16.7 Å². The van der Waals surface area contributed by atoms with Gasteiger partial charge in [-0.1, -0.05) is 141 Å². The molecule has 0 N–H and O–H groups in total. The van der Waals surface area contributed by atoms with Crippen LogP contribution >= 0.6 is 0 Å². The lowest BCUT2D eigenvalue weighted by Gasteiger charge is -2.24. The molecule has 54 heavy (non-hydrogen) atoms. The van der Waals surface area contributed by atoms with Crippen molar-refractivity contribution in [2.45, 2.75) is 32.1 Å². The number of aromatic nitrogens is 2. The van der Waals surface area contributed by atoms with Crippen LogP contribution < -0.4 is 10.4 Å². The molecule has 0 saturated carbocycles. The zero-order valence-corrected chi connectivity index (χ0v) is 30.5. The van der Waals surface area contributed by atoms with Crippen molar-refractivity contribution < 1.29 is 0 Å². The highest BCUT2D eigenvalue weighted by molar-refractivity contribution is 6.09. The van der Waals surface area contributed by atoms with E-state index in [-0.39, 0.29) is 5.41 Å². The molecule has 2 aliphatic rings. The number of benzene rings is 8. The number of para-hydroxylation sites is 3. The predicted molar refractivity (Wildman–Crippen MR) is 227 cm³/mol. The van der Waals surface area contributed by atoms with E-state index in [9.17, 15) is 0 Å². The summed E-state index contributed by atoms with van der Waals surface area (Å²) in [5.41, 5.74) is 14.9. The molecule has 2 heteroatoms. The van der Waals surface area contributed by atoms with E-state index in [0.717, 1.165) is 41.0 Å². The normalized spacial score (nSPS) is 14.0. The Morgan fingerprint density at radius 2 is 1.13 bits per heavy atom. The molecule has 2 nitrogen and oxygen atoms in total. The molecule has 0 bridgehead atoms. The van der Waals surface area contributed by atoms with Gasteiger partial charge in [0.15, 0.2) is 0 Å². The summed E-state index contributed by atoms with van der Waals surface area (Å²) in [4.78, 5) is 5.17. The average molecular weight is 691 g/mol. The lowest BCUT2D eigenvalue weighted by atomic mass is 9.79. The van der Waals surface area contributed by atoms with Gasteiger partial charge in [0.2, 0.25) is 0 Å². The summed E-state index contributed by atoms with van der Waals surface area (Å²) in [6.45, 7) is 4.78. The third kappa shape index (κ3) is 4.56. The average Bonchev–Trinajstić information content (AvgIpc) is 3.72. The molecular weight excluding hydrogens is 653 g/mol. The van der Waals surface area contributed by atoms with Crippen molar-refractivity contribution in [1.82, 2.24) is 9.55 Å². The maximum absolute atomic E-state index is 5.17. The van der Waals surface area contributed by atoms with Gasteiger partial charge in [-0.3, -0.25) is 4.57 Å². The van der Waals surface area contributed by atoms with E-state index in [1.165, 1.54) is 76.5 Å². The van der Waals surface area contributed by atoms with Crippen LogP contribution in [0.4, 0.5) is 0 Å². The lowest BCUT2D eigenvalue weighted by molar-refractivity contribution is 0.661. The summed E-state index contributed by atoms with van der Waals surface area (Å²) in [6, 6.07) is 58.0. The first-order chi connectivity index (χ1) is 26.5. The fraction of sp³-hybridized carbons (Fsp3) is 0.0962. The van der Waals surface area contributed by atoms with Crippen LogP contribution in [-0.2, 0) is 5.41 Å². The van der Waals surface area contributed by atoms with Gasteiger partial charge in [-0.05, 0) is 132 Å². The summed E-state index contributed by atoms with van der Waals surface area (Å²) in [5.74, 6) is 0.948. The smallest absolute Gasteiger partial charge is 0.145 e. The largest absolute Gasteiger partial charge is 0.292 e. The molecule has 11 rings (SSSR count). The highest BCUT2D eigenvalue weighted by Gasteiger charge is 2.36. The van der Waals surface area contributed by atoms with Crippen LogP contribution in [0, 0.1) is 0 Å². The zero-order chi connectivity index (χ0) is 36.0. The molecule has 0 amide bonds. The second-order valence-corrected chi connectivity index (χ2v) is 15.4. The summed E-state index contributed by atoms with van der Waals surface area (Å²) in [5, 5.41) is 7.85. The van der Waals surface area contributed by atoms with Crippen molar-refractivity contribution in [3.63, 3.8) is 0 Å². The number of nitrogens with zero attached hydrogens (tertiary/aromatic N) is 2. The van der Waals surface area contributed by atoms with E-state index < -0.39 is 0 Å². The van der Waals surface area contributed by atoms with E-state index in [0.29, 0.717) is 0 Å². The molecular formula is C52H38N2. The van der Waals surface area contributed by atoms with Crippen LogP contribution in [0.25, 0.3) is 95.2 Å². The molecule has 1 heterocycles. The SMILES string of the molecule is CC1(C)c2ccccc2-c2cc3c(-c4ccc(-c5nc6ccccc6n5-c5ccccc5)cc4)c4c(c(-c5ccc6ccccc6c5)c3cc21)=CCCC=4. The predicted octanol–water partition coefficient (Wildman–Crippen LogP) is 12.0. The molecule has 0 unspecified atom stereocenters. The zero-order valence-electron chi connectivity index (χ0n) is 30.5. The third-order valence-corrected chi connectivity index (χ3v) is 12.0. The van der Waals surface area contributed by atoms with E-state index in [4.69, 9.17) is 4.98 Å². The van der Waals surface area contributed by atoms with Crippen LogP contribution in [0.15, 0.2) is 158 Å².